The zero-order chi connectivity index (χ0) is 14.4. The number of anilines is 1. The van der Waals surface area contributed by atoms with Gasteiger partial charge < -0.3 is 10.6 Å². The van der Waals surface area contributed by atoms with E-state index in [0.29, 0.717) is 18.1 Å². The van der Waals surface area contributed by atoms with Crippen LogP contribution in [0, 0.1) is 6.92 Å². The number of aryl methyl sites for hydroxylation is 1. The lowest BCUT2D eigenvalue weighted by atomic mass is 10.2. The summed E-state index contributed by atoms with van der Waals surface area (Å²) in [5.74, 6) is 0.425. The maximum atomic E-state index is 11.9. The summed E-state index contributed by atoms with van der Waals surface area (Å²) in [6, 6.07) is 0. The molecule has 0 fully saturated rings. The third-order valence-electron chi connectivity index (χ3n) is 2.81. The minimum Gasteiger partial charge on any atom is -0.369 e. The van der Waals surface area contributed by atoms with E-state index in [4.69, 9.17) is 0 Å². The molecule has 0 aliphatic heterocycles. The molecule has 0 saturated heterocycles. The van der Waals surface area contributed by atoms with Gasteiger partial charge in [0.05, 0.1) is 18.6 Å². The first-order valence-corrected chi connectivity index (χ1v) is 6.53. The lowest BCUT2D eigenvalue weighted by Crippen LogP contribution is -2.24. The largest absolute Gasteiger partial charge is 0.369 e. The molecular formula is C13H18N6O. The number of nitrogens with one attached hydrogen (secondary N) is 3. The molecular weight excluding hydrogens is 256 g/mol. The van der Waals surface area contributed by atoms with Gasteiger partial charge in [-0.1, -0.05) is 6.92 Å². The van der Waals surface area contributed by atoms with Crippen LogP contribution in [0.15, 0.2) is 18.6 Å². The average Bonchev–Trinajstić information content (AvgIpc) is 2.88. The second kappa shape index (κ2) is 6.65. The number of amides is 1. The van der Waals surface area contributed by atoms with E-state index in [9.17, 15) is 4.79 Å². The molecule has 0 radical (unpaired) electrons. The molecule has 2 aromatic rings. The van der Waals surface area contributed by atoms with Gasteiger partial charge in [0, 0.05) is 24.3 Å². The summed E-state index contributed by atoms with van der Waals surface area (Å²) in [5.41, 5.74) is 2.19. The Hall–Kier alpha value is -2.44. The second-order valence-corrected chi connectivity index (χ2v) is 4.42. The number of aromatic nitrogens is 4. The van der Waals surface area contributed by atoms with Crippen LogP contribution in [0.5, 0.6) is 0 Å². The van der Waals surface area contributed by atoms with Gasteiger partial charge in [0.25, 0.3) is 5.91 Å². The number of carbonyl (C=O) groups excluding carboxylic acids is 1. The van der Waals surface area contributed by atoms with E-state index < -0.39 is 0 Å². The highest BCUT2D eigenvalue weighted by Crippen LogP contribution is 2.04. The predicted molar refractivity (Wildman–Crippen MR) is 75.3 cm³/mol. The summed E-state index contributed by atoms with van der Waals surface area (Å²) >= 11 is 0. The maximum absolute atomic E-state index is 11.9. The first-order valence-electron chi connectivity index (χ1n) is 6.53. The van der Waals surface area contributed by atoms with Crippen LogP contribution >= 0.6 is 0 Å². The number of nitrogens with zero attached hydrogens (tertiary/aromatic N) is 3. The van der Waals surface area contributed by atoms with Crippen molar-refractivity contribution in [3.8, 4) is 0 Å². The molecule has 7 nitrogen and oxygen atoms in total. The number of hydrogen-bond acceptors (Lipinski definition) is 5. The van der Waals surface area contributed by atoms with Crippen molar-refractivity contribution in [1.82, 2.24) is 25.5 Å². The van der Waals surface area contributed by atoms with Gasteiger partial charge in [-0.25, -0.2) is 9.97 Å². The Morgan fingerprint density at radius 3 is 2.75 bits per heavy atom. The fourth-order valence-corrected chi connectivity index (χ4v) is 1.61. The lowest BCUT2D eigenvalue weighted by Gasteiger charge is -2.05. The van der Waals surface area contributed by atoms with Crippen molar-refractivity contribution in [2.24, 2.45) is 0 Å². The van der Waals surface area contributed by atoms with E-state index in [0.717, 1.165) is 24.2 Å². The summed E-state index contributed by atoms with van der Waals surface area (Å²) in [7, 11) is 0. The number of aromatic amines is 1. The summed E-state index contributed by atoms with van der Waals surface area (Å²) < 4.78 is 0. The van der Waals surface area contributed by atoms with E-state index in [2.05, 4.69) is 37.7 Å². The Bertz CT molecular complexity index is 562. The molecule has 0 bridgehead atoms. The molecule has 2 aromatic heterocycles. The summed E-state index contributed by atoms with van der Waals surface area (Å²) in [4.78, 5) is 20.2. The minimum absolute atomic E-state index is 0.250. The molecule has 2 rings (SSSR count). The van der Waals surface area contributed by atoms with Crippen molar-refractivity contribution >= 4 is 11.7 Å². The number of rotatable bonds is 6. The topological polar surface area (TPSA) is 95.6 Å². The van der Waals surface area contributed by atoms with Crippen LogP contribution in [0.3, 0.4) is 0 Å². The van der Waals surface area contributed by atoms with Crippen LogP contribution < -0.4 is 10.6 Å². The number of hydrogen-bond donors (Lipinski definition) is 3. The molecule has 0 unspecified atom stereocenters. The first-order chi connectivity index (χ1) is 9.70. The van der Waals surface area contributed by atoms with Crippen molar-refractivity contribution in [3.63, 3.8) is 0 Å². The predicted octanol–water partition coefficient (Wildman–Crippen LogP) is 1.26. The first kappa shape index (κ1) is 14.0. The molecule has 0 aromatic carbocycles. The van der Waals surface area contributed by atoms with Crippen LogP contribution in [0.1, 0.15) is 35.1 Å². The molecule has 1 amide bonds. The SMILES string of the molecule is CCCNc1cnc(C(=O)NCc2cn[nH]c2C)cn1. The molecule has 7 heteroatoms. The van der Waals surface area contributed by atoms with Crippen LogP contribution in [0.2, 0.25) is 0 Å². The molecule has 0 aliphatic carbocycles. The molecule has 0 atom stereocenters. The Kier molecular flexibility index (Phi) is 4.65. The molecule has 0 saturated carbocycles. The Balaban J connectivity index is 1.90. The quantitative estimate of drug-likeness (QED) is 0.737. The summed E-state index contributed by atoms with van der Waals surface area (Å²) in [5, 5.41) is 12.6. The van der Waals surface area contributed by atoms with Crippen molar-refractivity contribution < 1.29 is 4.79 Å². The highest BCUT2D eigenvalue weighted by Gasteiger charge is 2.09. The minimum atomic E-state index is -0.250. The van der Waals surface area contributed by atoms with Crippen LogP contribution in [-0.4, -0.2) is 32.6 Å². The monoisotopic (exact) mass is 274 g/mol. The van der Waals surface area contributed by atoms with Gasteiger partial charge in [-0.3, -0.25) is 9.89 Å². The Morgan fingerprint density at radius 2 is 2.15 bits per heavy atom. The van der Waals surface area contributed by atoms with E-state index in [-0.39, 0.29) is 5.91 Å². The standard InChI is InChI=1S/C13H18N6O/c1-3-4-14-12-8-15-11(7-16-12)13(20)17-5-10-6-18-19-9(10)2/h6-8H,3-5H2,1-2H3,(H,14,16)(H,17,20)(H,18,19). The van der Waals surface area contributed by atoms with Gasteiger partial charge in [0.2, 0.25) is 0 Å². The van der Waals surface area contributed by atoms with Crippen LogP contribution in [-0.2, 0) is 6.54 Å². The maximum Gasteiger partial charge on any atom is 0.271 e. The Labute approximate surface area is 117 Å². The Morgan fingerprint density at radius 1 is 1.30 bits per heavy atom. The molecule has 2 heterocycles. The molecule has 0 aliphatic rings. The van der Waals surface area contributed by atoms with Gasteiger partial charge in [-0.15, -0.1) is 0 Å². The zero-order valence-electron chi connectivity index (χ0n) is 11.6. The highest BCUT2D eigenvalue weighted by molar-refractivity contribution is 5.91. The molecule has 20 heavy (non-hydrogen) atoms. The zero-order valence-corrected chi connectivity index (χ0v) is 11.6. The van der Waals surface area contributed by atoms with E-state index >= 15 is 0 Å². The highest BCUT2D eigenvalue weighted by atomic mass is 16.1. The van der Waals surface area contributed by atoms with Crippen molar-refractivity contribution in [1.29, 1.82) is 0 Å². The smallest absolute Gasteiger partial charge is 0.271 e. The van der Waals surface area contributed by atoms with Gasteiger partial charge in [-0.05, 0) is 13.3 Å². The van der Waals surface area contributed by atoms with E-state index in [1.165, 1.54) is 6.20 Å². The van der Waals surface area contributed by atoms with E-state index in [1.807, 2.05) is 6.92 Å². The molecule has 3 N–H and O–H groups in total. The fraction of sp³-hybridized carbons (Fsp3) is 0.385. The van der Waals surface area contributed by atoms with Crippen LogP contribution in [0.25, 0.3) is 0 Å². The van der Waals surface area contributed by atoms with Gasteiger partial charge in [0.15, 0.2) is 0 Å². The lowest BCUT2D eigenvalue weighted by molar-refractivity contribution is 0.0945. The third-order valence-corrected chi connectivity index (χ3v) is 2.81. The van der Waals surface area contributed by atoms with E-state index in [1.54, 1.807) is 12.4 Å². The second-order valence-electron chi connectivity index (χ2n) is 4.42. The van der Waals surface area contributed by atoms with Gasteiger partial charge in [0.1, 0.15) is 11.5 Å². The van der Waals surface area contributed by atoms with Gasteiger partial charge in [-0.2, -0.15) is 5.10 Å². The normalized spacial score (nSPS) is 10.3. The van der Waals surface area contributed by atoms with Gasteiger partial charge >= 0.3 is 0 Å². The van der Waals surface area contributed by atoms with Crippen molar-refractivity contribution in [3.05, 3.63) is 35.5 Å². The third kappa shape index (κ3) is 3.53. The van der Waals surface area contributed by atoms with Crippen molar-refractivity contribution in [2.45, 2.75) is 26.8 Å². The number of H-pyrrole nitrogens is 1. The fourth-order valence-electron chi connectivity index (χ4n) is 1.61. The molecule has 0 spiro atoms. The number of carbonyl (C=O) groups is 1. The summed E-state index contributed by atoms with van der Waals surface area (Å²) in [6.07, 6.45) is 5.73. The summed E-state index contributed by atoms with van der Waals surface area (Å²) in [6.45, 7) is 5.22. The molecule has 106 valence electrons. The van der Waals surface area contributed by atoms with Crippen molar-refractivity contribution in [2.75, 3.05) is 11.9 Å². The van der Waals surface area contributed by atoms with Crippen LogP contribution in [0.4, 0.5) is 5.82 Å². The average molecular weight is 274 g/mol.